The molecule has 0 aliphatic heterocycles. The monoisotopic (exact) mass is 299 g/mol. The highest BCUT2D eigenvalue weighted by atomic mass is 32.1. The number of ether oxygens (including phenoxy) is 1. The lowest BCUT2D eigenvalue weighted by molar-refractivity contribution is 0.245. The molecule has 0 fully saturated rings. The summed E-state index contributed by atoms with van der Waals surface area (Å²) >= 11 is 1.64. The zero-order valence-corrected chi connectivity index (χ0v) is 12.9. The molecule has 0 aliphatic rings. The van der Waals surface area contributed by atoms with Crippen LogP contribution in [-0.4, -0.2) is 22.1 Å². The fourth-order valence-corrected chi connectivity index (χ4v) is 2.89. The van der Waals surface area contributed by atoms with Gasteiger partial charge in [0, 0.05) is 23.5 Å². The van der Waals surface area contributed by atoms with Gasteiger partial charge in [0.25, 0.3) is 0 Å². The third-order valence-corrected chi connectivity index (χ3v) is 3.96. The Balaban J connectivity index is 1.98. The molecular formula is C16H17N3OS. The molecule has 0 saturated carbocycles. The number of hydrogen-bond donors (Lipinski definition) is 1. The van der Waals surface area contributed by atoms with Gasteiger partial charge in [-0.05, 0) is 38.1 Å². The van der Waals surface area contributed by atoms with E-state index in [9.17, 15) is 0 Å². The number of pyridine rings is 1. The molecule has 1 aromatic carbocycles. The highest BCUT2D eigenvalue weighted by molar-refractivity contribution is 7.21. The number of fused-ring (bicyclic) bond motifs is 1. The van der Waals surface area contributed by atoms with Gasteiger partial charge in [0.1, 0.15) is 22.9 Å². The second-order valence-electron chi connectivity index (χ2n) is 5.64. The Bertz CT molecular complexity index is 747. The molecule has 3 rings (SSSR count). The first-order valence-corrected chi connectivity index (χ1v) is 7.56. The normalized spacial score (nSPS) is 11.8. The van der Waals surface area contributed by atoms with E-state index in [1.54, 1.807) is 17.5 Å². The minimum absolute atomic E-state index is 0.371. The molecule has 0 spiro atoms. The van der Waals surface area contributed by atoms with Crippen LogP contribution in [0, 0.1) is 0 Å². The fraction of sp³-hybridized carbons (Fsp3) is 0.250. The van der Waals surface area contributed by atoms with Crippen molar-refractivity contribution < 1.29 is 4.74 Å². The number of aromatic nitrogens is 2. The van der Waals surface area contributed by atoms with E-state index in [2.05, 4.69) is 4.98 Å². The Kier molecular flexibility index (Phi) is 3.61. The molecule has 2 aromatic heterocycles. The Labute approximate surface area is 127 Å². The molecule has 21 heavy (non-hydrogen) atoms. The fourth-order valence-electron chi connectivity index (χ4n) is 1.92. The van der Waals surface area contributed by atoms with Gasteiger partial charge in [0.2, 0.25) is 0 Å². The van der Waals surface area contributed by atoms with E-state index < -0.39 is 0 Å². The largest absolute Gasteiger partial charge is 0.489 e. The summed E-state index contributed by atoms with van der Waals surface area (Å²) in [4.78, 5) is 8.84. The van der Waals surface area contributed by atoms with Gasteiger partial charge in [-0.1, -0.05) is 6.07 Å². The molecule has 0 atom stereocenters. The maximum Gasteiger partial charge on any atom is 0.146 e. The minimum Gasteiger partial charge on any atom is -0.489 e. The molecule has 0 amide bonds. The summed E-state index contributed by atoms with van der Waals surface area (Å²) in [5, 5.41) is 0.946. The summed E-state index contributed by atoms with van der Waals surface area (Å²) in [7, 11) is 0. The van der Waals surface area contributed by atoms with E-state index in [0.29, 0.717) is 6.61 Å². The van der Waals surface area contributed by atoms with Crippen molar-refractivity contribution in [3.05, 3.63) is 42.7 Å². The third kappa shape index (κ3) is 3.20. The number of nitrogens with zero attached hydrogens (tertiary/aromatic N) is 2. The van der Waals surface area contributed by atoms with Gasteiger partial charge in [0.15, 0.2) is 0 Å². The van der Waals surface area contributed by atoms with Crippen molar-refractivity contribution in [2.24, 2.45) is 5.73 Å². The zero-order chi connectivity index (χ0) is 14.9. The van der Waals surface area contributed by atoms with E-state index in [4.69, 9.17) is 15.5 Å². The average Bonchev–Trinajstić information content (AvgIpc) is 2.89. The molecule has 5 heteroatoms. The molecule has 0 bridgehead atoms. The Hall–Kier alpha value is -1.98. The first-order chi connectivity index (χ1) is 10.0. The molecule has 2 N–H and O–H groups in total. The van der Waals surface area contributed by atoms with Crippen molar-refractivity contribution in [1.29, 1.82) is 0 Å². The summed E-state index contributed by atoms with van der Waals surface area (Å²) < 4.78 is 6.93. The predicted molar refractivity (Wildman–Crippen MR) is 86.6 cm³/mol. The lowest BCUT2D eigenvalue weighted by Gasteiger charge is -2.19. The topological polar surface area (TPSA) is 61.0 Å². The van der Waals surface area contributed by atoms with Crippen LogP contribution in [0.5, 0.6) is 5.75 Å². The van der Waals surface area contributed by atoms with Crippen LogP contribution in [-0.2, 0) is 0 Å². The van der Waals surface area contributed by atoms with E-state index in [0.717, 1.165) is 26.5 Å². The standard InChI is InChI=1S/C16H17N3OS/c1-16(2,17)10-20-12-6-3-7-13-14(12)19-15(21-13)11-5-4-8-18-9-11/h3-9H,10,17H2,1-2H3. The summed E-state index contributed by atoms with van der Waals surface area (Å²) in [6.07, 6.45) is 3.58. The lowest BCUT2D eigenvalue weighted by Crippen LogP contribution is -2.38. The summed E-state index contributed by atoms with van der Waals surface area (Å²) in [6, 6.07) is 9.88. The zero-order valence-electron chi connectivity index (χ0n) is 12.0. The summed E-state index contributed by atoms with van der Waals surface area (Å²) in [6.45, 7) is 4.33. The SMILES string of the molecule is CC(C)(N)COc1cccc2sc(-c3cccnc3)nc12. The number of nitrogens with two attached hydrogens (primary N) is 1. The van der Waals surface area contributed by atoms with Crippen molar-refractivity contribution in [2.75, 3.05) is 6.61 Å². The van der Waals surface area contributed by atoms with Gasteiger partial charge in [-0.15, -0.1) is 11.3 Å². The van der Waals surface area contributed by atoms with Crippen LogP contribution in [0.25, 0.3) is 20.8 Å². The molecule has 0 aliphatic carbocycles. The molecule has 0 radical (unpaired) electrons. The van der Waals surface area contributed by atoms with E-state index >= 15 is 0 Å². The second-order valence-corrected chi connectivity index (χ2v) is 6.67. The van der Waals surface area contributed by atoms with Gasteiger partial charge in [-0.3, -0.25) is 4.98 Å². The Morgan fingerprint density at radius 1 is 1.24 bits per heavy atom. The number of rotatable bonds is 4. The molecule has 0 saturated heterocycles. The molecule has 3 aromatic rings. The van der Waals surface area contributed by atoms with Crippen LogP contribution < -0.4 is 10.5 Å². The molecule has 2 heterocycles. The van der Waals surface area contributed by atoms with Gasteiger partial charge < -0.3 is 10.5 Å². The summed E-state index contributed by atoms with van der Waals surface area (Å²) in [5.41, 5.74) is 7.50. The quantitative estimate of drug-likeness (QED) is 0.801. The Morgan fingerprint density at radius 2 is 2.10 bits per heavy atom. The van der Waals surface area contributed by atoms with E-state index in [1.165, 1.54) is 0 Å². The van der Waals surface area contributed by atoms with Gasteiger partial charge in [-0.25, -0.2) is 4.98 Å². The highest BCUT2D eigenvalue weighted by Gasteiger charge is 2.15. The maximum absolute atomic E-state index is 5.97. The first-order valence-electron chi connectivity index (χ1n) is 6.74. The van der Waals surface area contributed by atoms with E-state index in [-0.39, 0.29) is 5.54 Å². The predicted octanol–water partition coefficient (Wildman–Crippen LogP) is 3.47. The second kappa shape index (κ2) is 5.42. The van der Waals surface area contributed by atoms with Crippen LogP contribution in [0.2, 0.25) is 0 Å². The minimum atomic E-state index is -0.371. The van der Waals surface area contributed by atoms with Crippen LogP contribution in [0.4, 0.5) is 0 Å². The first kappa shape index (κ1) is 14.0. The lowest BCUT2D eigenvalue weighted by atomic mass is 10.1. The molecule has 4 nitrogen and oxygen atoms in total. The maximum atomic E-state index is 5.97. The smallest absolute Gasteiger partial charge is 0.146 e. The van der Waals surface area contributed by atoms with Crippen molar-refractivity contribution in [1.82, 2.24) is 9.97 Å². The molecular weight excluding hydrogens is 282 g/mol. The average molecular weight is 299 g/mol. The van der Waals surface area contributed by atoms with Crippen molar-refractivity contribution >= 4 is 21.6 Å². The third-order valence-electron chi connectivity index (χ3n) is 2.89. The van der Waals surface area contributed by atoms with Crippen LogP contribution >= 0.6 is 11.3 Å². The number of thiazole rings is 1. The van der Waals surface area contributed by atoms with Gasteiger partial charge in [0.05, 0.1) is 4.70 Å². The molecule has 108 valence electrons. The number of benzene rings is 1. The van der Waals surface area contributed by atoms with Gasteiger partial charge in [-0.2, -0.15) is 0 Å². The summed E-state index contributed by atoms with van der Waals surface area (Å²) in [5.74, 6) is 0.775. The Morgan fingerprint density at radius 3 is 2.81 bits per heavy atom. The molecule has 0 unspecified atom stereocenters. The number of para-hydroxylation sites is 1. The van der Waals surface area contributed by atoms with Crippen LogP contribution in [0.3, 0.4) is 0 Å². The van der Waals surface area contributed by atoms with Crippen LogP contribution in [0.1, 0.15) is 13.8 Å². The number of hydrogen-bond acceptors (Lipinski definition) is 5. The highest BCUT2D eigenvalue weighted by Crippen LogP contribution is 2.34. The van der Waals surface area contributed by atoms with Crippen molar-refractivity contribution in [3.8, 4) is 16.3 Å². The van der Waals surface area contributed by atoms with E-state index in [1.807, 2.05) is 50.4 Å². The van der Waals surface area contributed by atoms with Crippen molar-refractivity contribution in [2.45, 2.75) is 19.4 Å². The van der Waals surface area contributed by atoms with Gasteiger partial charge >= 0.3 is 0 Å². The van der Waals surface area contributed by atoms with Crippen molar-refractivity contribution in [3.63, 3.8) is 0 Å². The van der Waals surface area contributed by atoms with Crippen LogP contribution in [0.15, 0.2) is 42.7 Å².